The molecule has 0 saturated carbocycles. The van der Waals surface area contributed by atoms with Crippen molar-refractivity contribution >= 4 is 58.7 Å². The van der Waals surface area contributed by atoms with Crippen LogP contribution in [0.5, 0.6) is 0 Å². The quantitative estimate of drug-likeness (QED) is 0.0598. The van der Waals surface area contributed by atoms with Crippen molar-refractivity contribution in [3.8, 4) is 0 Å². The summed E-state index contributed by atoms with van der Waals surface area (Å²) in [6, 6.07) is 13.8. The molecule has 0 bridgehead atoms. The van der Waals surface area contributed by atoms with Gasteiger partial charge in [0.2, 0.25) is 11.8 Å². The summed E-state index contributed by atoms with van der Waals surface area (Å²) in [5.74, 6) is -1.37. The fourth-order valence-corrected chi connectivity index (χ4v) is 4.36. The molecular weight excluding hydrogens is 672 g/mol. The Balaban J connectivity index is 0.000000522. The van der Waals surface area contributed by atoms with E-state index in [1.54, 1.807) is 97.0 Å². The topological polar surface area (TPSA) is 198 Å². The van der Waals surface area contributed by atoms with Gasteiger partial charge in [0, 0.05) is 25.7 Å². The number of para-hydroxylation sites is 4. The predicted molar refractivity (Wildman–Crippen MR) is 200 cm³/mol. The molecule has 2 rings (SSSR count). The van der Waals surface area contributed by atoms with Crippen molar-refractivity contribution < 1.29 is 48.1 Å². The zero-order valence-electron chi connectivity index (χ0n) is 31.5. The number of benzene rings is 2. The molecule has 0 fully saturated rings. The number of hydrogen-bond donors (Lipinski definition) is 5. The first-order chi connectivity index (χ1) is 24.4. The summed E-state index contributed by atoms with van der Waals surface area (Å²) in [5.41, 5.74) is 0.714. The molecule has 0 heterocycles. The van der Waals surface area contributed by atoms with Crippen LogP contribution in [0, 0.1) is 0 Å². The van der Waals surface area contributed by atoms with Crippen LogP contribution in [0.1, 0.15) is 113 Å². The molecule has 288 valence electrons. The van der Waals surface area contributed by atoms with Crippen molar-refractivity contribution in [1.29, 1.82) is 0 Å². The van der Waals surface area contributed by atoms with E-state index in [9.17, 15) is 28.8 Å². The van der Waals surface area contributed by atoms with Gasteiger partial charge in [-0.3, -0.25) is 29.8 Å². The number of nitrogens with one attached hydrogen (secondary N) is 4. The highest BCUT2D eigenvalue weighted by Crippen LogP contribution is 2.24. The molecule has 0 spiro atoms. The summed E-state index contributed by atoms with van der Waals surface area (Å²) in [5, 5.41) is 19.4. The first kappa shape index (κ1) is 44.9. The van der Waals surface area contributed by atoms with Gasteiger partial charge in [0.05, 0.1) is 29.4 Å². The first-order valence-electron chi connectivity index (χ1n) is 17.5. The molecule has 0 atom stereocenters. The number of hydrogen-bond acceptors (Lipinski definition) is 9. The fourth-order valence-electron chi connectivity index (χ4n) is 4.36. The van der Waals surface area contributed by atoms with Crippen LogP contribution in [0.3, 0.4) is 0 Å². The van der Waals surface area contributed by atoms with E-state index in [2.05, 4.69) is 21.3 Å². The van der Waals surface area contributed by atoms with Gasteiger partial charge in [0.15, 0.2) is 0 Å². The van der Waals surface area contributed by atoms with Crippen molar-refractivity contribution in [3.63, 3.8) is 0 Å². The summed E-state index contributed by atoms with van der Waals surface area (Å²) in [6.07, 6.45) is 3.93. The van der Waals surface area contributed by atoms with E-state index in [-0.39, 0.29) is 24.2 Å². The normalized spacial score (nSPS) is 10.8. The Bertz CT molecular complexity index is 1460. The molecule has 0 aliphatic rings. The minimum absolute atomic E-state index is 0.115. The van der Waals surface area contributed by atoms with Crippen LogP contribution < -0.4 is 21.3 Å². The van der Waals surface area contributed by atoms with Gasteiger partial charge in [-0.05, 0) is 98.4 Å². The Hall–Kier alpha value is -5.14. The van der Waals surface area contributed by atoms with Gasteiger partial charge in [0.1, 0.15) is 11.2 Å². The van der Waals surface area contributed by atoms with Crippen molar-refractivity contribution in [2.24, 2.45) is 0 Å². The molecule has 0 unspecified atom stereocenters. The Morgan fingerprint density at radius 3 is 1.23 bits per heavy atom. The minimum atomic E-state index is -0.827. The predicted octanol–water partition coefficient (Wildman–Crippen LogP) is 8.49. The highest BCUT2D eigenvalue weighted by Gasteiger charge is 2.19. The molecule has 0 aliphatic carbocycles. The van der Waals surface area contributed by atoms with E-state index in [0.717, 1.165) is 6.42 Å². The van der Waals surface area contributed by atoms with Crippen LogP contribution in [0.4, 0.5) is 32.3 Å². The summed E-state index contributed by atoms with van der Waals surface area (Å²) < 4.78 is 15.3. The number of anilines is 4. The monoisotopic (exact) mass is 728 g/mol. The number of aliphatic carboxylic acids is 1. The number of rotatable bonds is 17. The number of esters is 1. The van der Waals surface area contributed by atoms with Gasteiger partial charge in [-0.2, -0.15) is 0 Å². The van der Waals surface area contributed by atoms with Crippen LogP contribution in [0.25, 0.3) is 0 Å². The lowest BCUT2D eigenvalue weighted by atomic mass is 10.1. The smallest absolute Gasteiger partial charge is 0.412 e. The van der Waals surface area contributed by atoms with Gasteiger partial charge < -0.3 is 30.0 Å². The number of amides is 4. The Morgan fingerprint density at radius 2 is 0.885 bits per heavy atom. The molecule has 52 heavy (non-hydrogen) atoms. The van der Waals surface area contributed by atoms with Gasteiger partial charge in [-0.25, -0.2) is 9.59 Å². The molecule has 0 aliphatic heterocycles. The first-order valence-corrected chi connectivity index (χ1v) is 17.5. The second-order valence-electron chi connectivity index (χ2n) is 13.8. The van der Waals surface area contributed by atoms with Crippen LogP contribution >= 0.6 is 0 Å². The van der Waals surface area contributed by atoms with E-state index in [1.165, 1.54) is 0 Å². The molecule has 0 radical (unpaired) electrons. The van der Waals surface area contributed by atoms with Gasteiger partial charge in [-0.1, -0.05) is 37.1 Å². The van der Waals surface area contributed by atoms with E-state index in [4.69, 9.17) is 19.3 Å². The second kappa shape index (κ2) is 23.4. The maximum absolute atomic E-state index is 12.1. The van der Waals surface area contributed by atoms with Gasteiger partial charge in [0.25, 0.3) is 0 Å². The Morgan fingerprint density at radius 1 is 0.538 bits per heavy atom. The van der Waals surface area contributed by atoms with Crippen LogP contribution in [0.2, 0.25) is 0 Å². The average molecular weight is 729 g/mol. The number of carbonyl (C=O) groups is 6. The molecule has 0 aromatic heterocycles. The van der Waals surface area contributed by atoms with Crippen molar-refractivity contribution in [2.75, 3.05) is 27.9 Å². The Kier molecular flexibility index (Phi) is 20.2. The SMILES string of the molecule is CC(C)(C)OC(=O)Nc1ccccc1NC(=O)CCCCCC(=O)O.CCOC(=O)CCCCCC(=O)Nc1ccccc1NC(=O)OC(C)(C)C. The number of unbranched alkanes of at least 4 members (excludes halogenated alkanes) is 4. The second-order valence-corrected chi connectivity index (χ2v) is 13.8. The minimum Gasteiger partial charge on any atom is -0.481 e. The standard InChI is InChI=1S/C20H30N2O5.C18H26N2O5/c1-5-26-18(24)14-8-6-7-13-17(23)21-15-11-9-10-12-16(15)22-19(25)27-20(2,3)4;1-18(2,3)25-17(24)20-14-10-8-7-9-13(14)19-15(21)11-5-4-6-12-16(22)23/h9-12H,5-8,13-14H2,1-4H3,(H,21,23)(H,22,25);7-10H,4-6,11-12H2,1-3H3,(H,19,21)(H,20,24)(H,22,23). The Labute approximate surface area is 306 Å². The number of carbonyl (C=O) groups excluding carboxylic acids is 5. The molecular formula is C38H56N4O10. The number of carboxylic acids is 1. The van der Waals surface area contributed by atoms with Crippen LogP contribution in [-0.4, -0.2) is 58.9 Å². The van der Waals surface area contributed by atoms with E-state index >= 15 is 0 Å². The number of ether oxygens (including phenoxy) is 3. The van der Waals surface area contributed by atoms with Gasteiger partial charge in [-0.15, -0.1) is 0 Å². The third-order valence-corrected chi connectivity index (χ3v) is 6.56. The average Bonchev–Trinajstić information content (AvgIpc) is 3.01. The van der Waals surface area contributed by atoms with Crippen LogP contribution in [-0.2, 0) is 33.4 Å². The molecule has 5 N–H and O–H groups in total. The summed E-state index contributed by atoms with van der Waals surface area (Å²) >= 11 is 0. The summed E-state index contributed by atoms with van der Waals surface area (Å²) in [7, 11) is 0. The molecule has 14 heteroatoms. The summed E-state index contributed by atoms with van der Waals surface area (Å²) in [6.45, 7) is 12.8. The van der Waals surface area contributed by atoms with Crippen LogP contribution in [0.15, 0.2) is 48.5 Å². The zero-order valence-corrected chi connectivity index (χ0v) is 31.5. The third kappa shape index (κ3) is 22.6. The lowest BCUT2D eigenvalue weighted by Gasteiger charge is -2.20. The van der Waals surface area contributed by atoms with E-state index in [1.807, 2.05) is 0 Å². The van der Waals surface area contributed by atoms with Gasteiger partial charge >= 0.3 is 24.1 Å². The lowest BCUT2D eigenvalue weighted by Crippen LogP contribution is -2.27. The van der Waals surface area contributed by atoms with Crippen molar-refractivity contribution in [1.82, 2.24) is 0 Å². The fraction of sp³-hybridized carbons (Fsp3) is 0.526. The maximum Gasteiger partial charge on any atom is 0.412 e. The molecule has 2 aromatic carbocycles. The molecule has 4 amide bonds. The largest absolute Gasteiger partial charge is 0.481 e. The molecule has 14 nitrogen and oxygen atoms in total. The molecule has 2 aromatic rings. The van der Waals surface area contributed by atoms with Crippen molar-refractivity contribution in [2.45, 2.75) is 124 Å². The zero-order chi connectivity index (χ0) is 39.2. The van der Waals surface area contributed by atoms with Crippen molar-refractivity contribution in [3.05, 3.63) is 48.5 Å². The molecule has 0 saturated heterocycles. The van der Waals surface area contributed by atoms with E-state index in [0.29, 0.717) is 80.7 Å². The summed E-state index contributed by atoms with van der Waals surface area (Å²) in [4.78, 5) is 69.6. The van der Waals surface area contributed by atoms with E-state index < -0.39 is 29.4 Å². The lowest BCUT2D eigenvalue weighted by molar-refractivity contribution is -0.143. The highest BCUT2D eigenvalue weighted by atomic mass is 16.6. The third-order valence-electron chi connectivity index (χ3n) is 6.56. The number of carboxylic acid groups (broad SMARTS) is 1. The maximum atomic E-state index is 12.1. The highest BCUT2D eigenvalue weighted by molar-refractivity contribution is 5.98.